The molecule has 0 saturated carbocycles. The van der Waals surface area contributed by atoms with Gasteiger partial charge in [-0.15, -0.1) is 0 Å². The van der Waals surface area contributed by atoms with E-state index in [0.29, 0.717) is 32.1 Å². The Labute approximate surface area is 186 Å². The summed E-state index contributed by atoms with van der Waals surface area (Å²) in [5.41, 5.74) is 4.53. The zero-order valence-electron chi connectivity index (χ0n) is 17.3. The Morgan fingerprint density at radius 1 is 1.12 bits per heavy atom. The first-order valence-corrected chi connectivity index (χ1v) is 10.0. The van der Waals surface area contributed by atoms with Crippen LogP contribution < -0.4 is 16.0 Å². The van der Waals surface area contributed by atoms with Crippen LogP contribution in [0.2, 0.25) is 0 Å². The number of hydrogen-bond acceptors (Lipinski definition) is 6. The van der Waals surface area contributed by atoms with Gasteiger partial charge >= 0.3 is 6.18 Å². The summed E-state index contributed by atoms with van der Waals surface area (Å²) >= 11 is 0. The number of alkyl halides is 3. The van der Waals surface area contributed by atoms with Gasteiger partial charge in [0.05, 0.1) is 24.5 Å². The number of hydrogen-bond donors (Lipinski definition) is 3. The number of benzene rings is 1. The summed E-state index contributed by atoms with van der Waals surface area (Å²) in [6, 6.07) is 9.03. The molecule has 0 bridgehead atoms. The number of rotatable bonds is 5. The summed E-state index contributed by atoms with van der Waals surface area (Å²) in [7, 11) is 0. The highest BCUT2D eigenvalue weighted by atomic mass is 19.4. The van der Waals surface area contributed by atoms with E-state index in [1.165, 1.54) is 24.4 Å². The summed E-state index contributed by atoms with van der Waals surface area (Å²) < 4.78 is 45.1. The fourth-order valence-corrected chi connectivity index (χ4v) is 3.44. The zero-order chi connectivity index (χ0) is 23.6. The molecule has 11 heteroatoms. The van der Waals surface area contributed by atoms with Crippen LogP contribution in [-0.2, 0) is 10.9 Å². The largest absolute Gasteiger partial charge is 0.417 e. The van der Waals surface area contributed by atoms with Gasteiger partial charge in [0.25, 0.3) is 5.91 Å². The molecular formula is C22H20F3N5O3. The molecular weight excluding hydrogens is 439 g/mol. The van der Waals surface area contributed by atoms with Crippen molar-refractivity contribution in [3.63, 3.8) is 0 Å². The molecule has 1 fully saturated rings. The van der Waals surface area contributed by atoms with Crippen LogP contribution in [0.4, 0.5) is 30.5 Å². The predicted octanol–water partition coefficient (Wildman–Crippen LogP) is 3.33. The number of morpholine rings is 1. The van der Waals surface area contributed by atoms with Gasteiger partial charge in [0.2, 0.25) is 0 Å². The minimum absolute atomic E-state index is 0.0270. The number of nitrogens with two attached hydrogens (primary N) is 1. The molecule has 1 amide bonds. The first-order chi connectivity index (χ1) is 15.7. The molecule has 172 valence electrons. The number of amides is 1. The molecule has 1 saturated heterocycles. The Balaban J connectivity index is 1.53. The second kappa shape index (κ2) is 8.94. The summed E-state index contributed by atoms with van der Waals surface area (Å²) in [5.74, 6) is -0.746. The van der Waals surface area contributed by atoms with Crippen LogP contribution in [-0.4, -0.2) is 48.0 Å². The van der Waals surface area contributed by atoms with Crippen molar-refractivity contribution >= 4 is 29.0 Å². The number of ketones is 1. The lowest BCUT2D eigenvalue weighted by Gasteiger charge is -2.28. The van der Waals surface area contributed by atoms with Gasteiger partial charge < -0.3 is 25.7 Å². The van der Waals surface area contributed by atoms with Crippen molar-refractivity contribution in [3.05, 3.63) is 71.0 Å². The van der Waals surface area contributed by atoms with Crippen LogP contribution in [0.1, 0.15) is 32.0 Å². The van der Waals surface area contributed by atoms with Crippen LogP contribution in [0.25, 0.3) is 0 Å². The van der Waals surface area contributed by atoms with Crippen molar-refractivity contribution < 1.29 is 27.5 Å². The van der Waals surface area contributed by atoms with E-state index in [1.54, 1.807) is 12.1 Å². The van der Waals surface area contributed by atoms with E-state index in [4.69, 9.17) is 10.5 Å². The second-order valence-corrected chi connectivity index (χ2v) is 7.34. The van der Waals surface area contributed by atoms with Gasteiger partial charge in [-0.2, -0.15) is 13.2 Å². The number of H-pyrrole nitrogens is 1. The topological polar surface area (TPSA) is 113 Å². The first-order valence-electron chi connectivity index (χ1n) is 10.0. The molecule has 0 radical (unpaired) electrons. The molecule has 33 heavy (non-hydrogen) atoms. The molecule has 0 spiro atoms. The van der Waals surface area contributed by atoms with Gasteiger partial charge in [-0.3, -0.25) is 9.59 Å². The first kappa shape index (κ1) is 22.3. The van der Waals surface area contributed by atoms with E-state index >= 15 is 0 Å². The molecule has 1 aliphatic rings. The Bertz CT molecular complexity index is 1190. The van der Waals surface area contributed by atoms with Crippen LogP contribution in [0.3, 0.4) is 0 Å². The molecule has 8 nitrogen and oxygen atoms in total. The quantitative estimate of drug-likeness (QED) is 0.505. The number of carbonyl (C=O) groups excluding carboxylic acids is 2. The van der Waals surface area contributed by atoms with Crippen molar-refractivity contribution in [1.29, 1.82) is 0 Å². The maximum absolute atomic E-state index is 13.3. The van der Waals surface area contributed by atoms with Crippen LogP contribution in [0.5, 0.6) is 0 Å². The number of ether oxygens (including phenoxy) is 1. The van der Waals surface area contributed by atoms with Gasteiger partial charge in [0.15, 0.2) is 11.6 Å². The number of halogens is 3. The average Bonchev–Trinajstić information content (AvgIpc) is 3.30. The van der Waals surface area contributed by atoms with Gasteiger partial charge in [0, 0.05) is 30.4 Å². The molecule has 0 atom stereocenters. The highest BCUT2D eigenvalue weighted by Crippen LogP contribution is 2.33. The lowest BCUT2D eigenvalue weighted by atomic mass is 9.99. The number of aromatic amines is 1. The van der Waals surface area contributed by atoms with E-state index in [2.05, 4.69) is 15.3 Å². The minimum atomic E-state index is -4.68. The maximum atomic E-state index is 13.3. The van der Waals surface area contributed by atoms with Gasteiger partial charge in [0.1, 0.15) is 11.5 Å². The van der Waals surface area contributed by atoms with Crippen molar-refractivity contribution in [2.75, 3.05) is 42.3 Å². The summed E-state index contributed by atoms with van der Waals surface area (Å²) in [4.78, 5) is 34.4. The molecule has 1 aromatic carbocycles. The van der Waals surface area contributed by atoms with Gasteiger partial charge in [-0.1, -0.05) is 18.2 Å². The van der Waals surface area contributed by atoms with Crippen molar-refractivity contribution in [2.24, 2.45) is 0 Å². The normalized spacial score (nSPS) is 14.2. The summed E-state index contributed by atoms with van der Waals surface area (Å²) in [6.07, 6.45) is -3.50. The number of anilines is 3. The summed E-state index contributed by atoms with van der Waals surface area (Å²) in [6.45, 7) is 2.41. The molecule has 0 aliphatic carbocycles. The second-order valence-electron chi connectivity index (χ2n) is 7.34. The van der Waals surface area contributed by atoms with Crippen molar-refractivity contribution in [1.82, 2.24) is 9.97 Å². The summed E-state index contributed by atoms with van der Waals surface area (Å²) in [5, 5.41) is 2.58. The van der Waals surface area contributed by atoms with Crippen LogP contribution in [0, 0.1) is 0 Å². The number of carbonyl (C=O) groups is 2. The third-order valence-corrected chi connectivity index (χ3v) is 5.15. The average molecular weight is 459 g/mol. The third kappa shape index (κ3) is 4.82. The van der Waals surface area contributed by atoms with Gasteiger partial charge in [-0.05, 0) is 24.3 Å². The Morgan fingerprint density at radius 2 is 1.85 bits per heavy atom. The molecule has 3 aromatic rings. The number of aromatic nitrogens is 2. The van der Waals surface area contributed by atoms with Gasteiger partial charge in [-0.25, -0.2) is 4.98 Å². The third-order valence-electron chi connectivity index (χ3n) is 5.15. The van der Waals surface area contributed by atoms with Crippen LogP contribution >= 0.6 is 0 Å². The molecule has 0 unspecified atom stereocenters. The molecule has 3 heterocycles. The number of nitrogen functional groups attached to an aromatic ring is 1. The zero-order valence-corrected chi connectivity index (χ0v) is 17.3. The molecule has 4 rings (SSSR count). The molecule has 2 aromatic heterocycles. The van der Waals surface area contributed by atoms with E-state index in [1.807, 2.05) is 4.90 Å². The van der Waals surface area contributed by atoms with E-state index in [-0.39, 0.29) is 22.8 Å². The smallest absolute Gasteiger partial charge is 0.396 e. The van der Waals surface area contributed by atoms with Crippen molar-refractivity contribution in [2.45, 2.75) is 6.18 Å². The molecule has 4 N–H and O–H groups in total. The number of nitrogens with zero attached hydrogens (tertiary/aromatic N) is 2. The minimum Gasteiger partial charge on any atom is -0.396 e. The highest BCUT2D eigenvalue weighted by Gasteiger charge is 2.35. The number of pyridine rings is 1. The van der Waals surface area contributed by atoms with E-state index in [9.17, 15) is 22.8 Å². The van der Waals surface area contributed by atoms with E-state index < -0.39 is 29.0 Å². The monoisotopic (exact) mass is 459 g/mol. The van der Waals surface area contributed by atoms with Crippen LogP contribution in [0.15, 0.2) is 48.7 Å². The Hall–Kier alpha value is -3.86. The fourth-order valence-electron chi connectivity index (χ4n) is 3.44. The molecule has 1 aliphatic heterocycles. The maximum Gasteiger partial charge on any atom is 0.417 e. The van der Waals surface area contributed by atoms with E-state index in [0.717, 1.165) is 12.1 Å². The predicted molar refractivity (Wildman–Crippen MR) is 115 cm³/mol. The number of nitrogens with one attached hydrogen (secondary N) is 2. The lowest BCUT2D eigenvalue weighted by Crippen LogP contribution is -2.36. The highest BCUT2D eigenvalue weighted by molar-refractivity contribution is 6.12. The SMILES string of the molecule is Nc1ccc(N2CCOCC2)nc1NC(=O)c1cc(C(=O)c2ccccc2C(F)(F)F)c[nH]1. The lowest BCUT2D eigenvalue weighted by molar-refractivity contribution is -0.137. The fraction of sp³-hybridized carbons (Fsp3) is 0.227. The Morgan fingerprint density at radius 3 is 2.58 bits per heavy atom. The van der Waals surface area contributed by atoms with Crippen molar-refractivity contribution in [3.8, 4) is 0 Å². The standard InChI is InChI=1S/C22H20F3N5O3/c23-22(24,25)15-4-2-1-3-14(15)19(31)13-11-17(27-12-13)21(32)29-20-16(26)5-6-18(28-20)30-7-9-33-10-8-30/h1-6,11-12,27H,7-10,26H2,(H,28,29,32). The Kier molecular flexibility index (Phi) is 6.05.